The monoisotopic (exact) mass is 396 g/mol. The fourth-order valence-electron chi connectivity index (χ4n) is 2.39. The number of fused-ring (bicyclic) bond motifs is 1. The molecule has 10 heteroatoms. The molecule has 0 spiro atoms. The van der Waals surface area contributed by atoms with E-state index < -0.39 is 12.6 Å². The largest absolute Gasteiger partial charge is 0.493 e. The Morgan fingerprint density at radius 1 is 1.30 bits per heavy atom. The Hall–Kier alpha value is -3.01. The highest BCUT2D eigenvalue weighted by molar-refractivity contribution is 7.15. The zero-order chi connectivity index (χ0) is 19.6. The number of aryl methyl sites for hydroxylation is 1. The van der Waals surface area contributed by atoms with Crippen LogP contribution < -0.4 is 15.0 Å². The minimum Gasteiger partial charge on any atom is -0.493 e. The van der Waals surface area contributed by atoms with Gasteiger partial charge in [0.2, 0.25) is 0 Å². The van der Waals surface area contributed by atoms with Crippen LogP contribution in [-0.4, -0.2) is 29.1 Å². The van der Waals surface area contributed by atoms with Crippen molar-refractivity contribution in [2.24, 2.45) is 0 Å². The van der Waals surface area contributed by atoms with Gasteiger partial charge in [-0.1, -0.05) is 0 Å². The van der Waals surface area contributed by atoms with E-state index in [-0.39, 0.29) is 29.2 Å². The summed E-state index contributed by atoms with van der Waals surface area (Å²) in [5.74, 6) is -0.949. The molecule has 7 nitrogen and oxygen atoms in total. The number of benzene rings is 1. The summed E-state index contributed by atoms with van der Waals surface area (Å²) in [5.41, 5.74) is 0.896. The van der Waals surface area contributed by atoms with Crippen LogP contribution >= 0.6 is 11.3 Å². The first kappa shape index (κ1) is 18.8. The highest BCUT2D eigenvalue weighted by Crippen LogP contribution is 2.29. The Labute approximate surface area is 155 Å². The topological polar surface area (TPSA) is 79.1 Å². The highest BCUT2D eigenvalue weighted by Gasteiger charge is 2.16. The van der Waals surface area contributed by atoms with E-state index >= 15 is 0 Å². The molecule has 3 rings (SSSR count). The zero-order valence-electron chi connectivity index (χ0n) is 14.3. The molecule has 0 radical (unpaired) electrons. The number of esters is 1. The van der Waals surface area contributed by atoms with Gasteiger partial charge in [-0.25, -0.2) is 9.78 Å². The molecule has 0 atom stereocenters. The van der Waals surface area contributed by atoms with E-state index in [2.05, 4.69) is 9.72 Å². The normalized spacial score (nSPS) is 11.0. The quantitative estimate of drug-likeness (QED) is 0.596. The van der Waals surface area contributed by atoms with E-state index in [9.17, 15) is 18.4 Å². The highest BCUT2D eigenvalue weighted by atomic mass is 32.1. The third kappa shape index (κ3) is 4.05. The van der Waals surface area contributed by atoms with Gasteiger partial charge in [0, 0.05) is 17.1 Å². The molecule has 0 bridgehead atoms. The Bertz CT molecular complexity index is 1050. The van der Waals surface area contributed by atoms with E-state index in [0.29, 0.717) is 10.7 Å². The van der Waals surface area contributed by atoms with E-state index in [0.717, 1.165) is 5.69 Å². The second-order valence-electron chi connectivity index (χ2n) is 5.40. The average molecular weight is 396 g/mol. The number of hydrogen-bond donors (Lipinski definition) is 0. The molecule has 0 amide bonds. The summed E-state index contributed by atoms with van der Waals surface area (Å²) in [7, 11) is 1.26. The van der Waals surface area contributed by atoms with Gasteiger partial charge in [-0.05, 0) is 25.1 Å². The molecular weight excluding hydrogens is 382 g/mol. The van der Waals surface area contributed by atoms with Crippen molar-refractivity contribution in [1.82, 2.24) is 9.38 Å². The van der Waals surface area contributed by atoms with Gasteiger partial charge in [0.05, 0.1) is 18.4 Å². The third-order valence-electron chi connectivity index (χ3n) is 3.60. The van der Waals surface area contributed by atoms with E-state index in [1.807, 2.05) is 0 Å². The lowest BCUT2D eigenvalue weighted by atomic mass is 10.2. The molecule has 1 aromatic carbocycles. The maximum Gasteiger partial charge on any atom is 0.387 e. The second kappa shape index (κ2) is 7.70. The molecule has 0 aliphatic carbocycles. The number of ether oxygens (including phenoxy) is 3. The first-order valence-electron chi connectivity index (χ1n) is 7.66. The molecule has 0 saturated heterocycles. The van der Waals surface area contributed by atoms with Crippen molar-refractivity contribution in [2.45, 2.75) is 20.1 Å². The van der Waals surface area contributed by atoms with Gasteiger partial charge in [-0.2, -0.15) is 8.78 Å². The van der Waals surface area contributed by atoms with Crippen LogP contribution in [0.1, 0.15) is 21.7 Å². The fraction of sp³-hybridized carbons (Fsp3) is 0.235. The minimum atomic E-state index is -3.02. The molecule has 0 aliphatic heterocycles. The summed E-state index contributed by atoms with van der Waals surface area (Å²) in [6, 6.07) is 4.98. The van der Waals surface area contributed by atoms with Gasteiger partial charge in [0.1, 0.15) is 6.61 Å². The maximum absolute atomic E-state index is 12.3. The number of aromatic nitrogens is 2. The van der Waals surface area contributed by atoms with Crippen molar-refractivity contribution in [3.05, 3.63) is 57.0 Å². The zero-order valence-corrected chi connectivity index (χ0v) is 15.1. The molecular formula is C17H14F2N2O5S. The van der Waals surface area contributed by atoms with Crippen LogP contribution in [-0.2, 0) is 11.3 Å². The van der Waals surface area contributed by atoms with E-state index in [1.54, 1.807) is 12.3 Å². The first-order chi connectivity index (χ1) is 12.9. The van der Waals surface area contributed by atoms with Crippen LogP contribution in [0, 0.1) is 6.92 Å². The fourth-order valence-corrected chi connectivity index (χ4v) is 3.28. The van der Waals surface area contributed by atoms with Crippen LogP contribution in [0.15, 0.2) is 34.4 Å². The number of rotatable bonds is 6. The second-order valence-corrected chi connectivity index (χ2v) is 6.24. The number of carbonyl (C=O) groups is 1. The number of thiazole rings is 1. The summed E-state index contributed by atoms with van der Waals surface area (Å²) >= 11 is 1.30. The SMILES string of the molecule is COc1cc(C(=O)OCc2cc(=O)n3c(C)csc3n2)ccc1OC(F)F. The van der Waals surface area contributed by atoms with Crippen molar-refractivity contribution in [3.63, 3.8) is 0 Å². The van der Waals surface area contributed by atoms with Crippen LogP contribution in [0.4, 0.5) is 8.78 Å². The van der Waals surface area contributed by atoms with Crippen molar-refractivity contribution in [3.8, 4) is 11.5 Å². The van der Waals surface area contributed by atoms with Gasteiger partial charge in [0.25, 0.3) is 5.56 Å². The number of hydrogen-bond acceptors (Lipinski definition) is 7. The molecule has 2 heterocycles. The van der Waals surface area contributed by atoms with Crippen molar-refractivity contribution in [2.75, 3.05) is 7.11 Å². The number of nitrogens with zero attached hydrogens (tertiary/aromatic N) is 2. The Kier molecular flexibility index (Phi) is 5.36. The molecule has 2 aromatic heterocycles. The van der Waals surface area contributed by atoms with Gasteiger partial charge in [-0.15, -0.1) is 11.3 Å². The first-order valence-corrected chi connectivity index (χ1v) is 8.53. The van der Waals surface area contributed by atoms with E-state index in [4.69, 9.17) is 9.47 Å². The van der Waals surface area contributed by atoms with Crippen molar-refractivity contribution < 1.29 is 27.8 Å². The molecule has 142 valence electrons. The number of alkyl halides is 2. The Balaban J connectivity index is 1.75. The van der Waals surface area contributed by atoms with Crippen LogP contribution in [0.5, 0.6) is 11.5 Å². The van der Waals surface area contributed by atoms with Gasteiger partial charge in [0.15, 0.2) is 16.5 Å². The summed E-state index contributed by atoms with van der Waals surface area (Å²) in [5, 5.41) is 1.80. The van der Waals surface area contributed by atoms with Crippen LogP contribution in [0.3, 0.4) is 0 Å². The van der Waals surface area contributed by atoms with Crippen LogP contribution in [0.25, 0.3) is 4.96 Å². The third-order valence-corrected chi connectivity index (χ3v) is 4.54. The predicted molar refractivity (Wildman–Crippen MR) is 92.8 cm³/mol. The average Bonchev–Trinajstić information content (AvgIpc) is 3.01. The molecule has 3 aromatic rings. The lowest BCUT2D eigenvalue weighted by molar-refractivity contribution is -0.0512. The number of methoxy groups -OCH3 is 1. The summed E-state index contributed by atoms with van der Waals surface area (Å²) < 4.78 is 40.6. The molecule has 0 unspecified atom stereocenters. The van der Waals surface area contributed by atoms with Crippen molar-refractivity contribution >= 4 is 22.3 Å². The Morgan fingerprint density at radius 2 is 2.07 bits per heavy atom. The summed E-state index contributed by atoms with van der Waals surface area (Å²) in [6.07, 6.45) is 0. The van der Waals surface area contributed by atoms with Gasteiger partial charge < -0.3 is 14.2 Å². The molecule has 27 heavy (non-hydrogen) atoms. The van der Waals surface area contributed by atoms with Crippen molar-refractivity contribution in [1.29, 1.82) is 0 Å². The minimum absolute atomic E-state index is 0.0309. The standard InChI is InChI=1S/C17H14F2N2O5S/c1-9-8-27-17-20-11(6-14(22)21(9)17)7-25-15(23)10-3-4-12(26-16(18)19)13(5-10)24-2/h3-6,8,16H,7H2,1-2H3. The number of halogens is 2. The smallest absolute Gasteiger partial charge is 0.387 e. The predicted octanol–water partition coefficient (Wildman–Crippen LogP) is 3.03. The van der Waals surface area contributed by atoms with Gasteiger partial charge in [-0.3, -0.25) is 9.20 Å². The molecule has 0 aliphatic rings. The number of carbonyl (C=O) groups excluding carboxylic acids is 1. The summed E-state index contributed by atoms with van der Waals surface area (Å²) in [6.45, 7) is -1.43. The molecule has 0 saturated carbocycles. The van der Waals surface area contributed by atoms with Gasteiger partial charge >= 0.3 is 12.6 Å². The lowest BCUT2D eigenvalue weighted by Crippen LogP contribution is -2.16. The lowest BCUT2D eigenvalue weighted by Gasteiger charge is -2.11. The van der Waals surface area contributed by atoms with E-state index in [1.165, 1.54) is 47.1 Å². The van der Waals surface area contributed by atoms with Crippen LogP contribution in [0.2, 0.25) is 0 Å². The molecule has 0 N–H and O–H groups in total. The maximum atomic E-state index is 12.3. The molecule has 0 fully saturated rings. The Morgan fingerprint density at radius 3 is 2.78 bits per heavy atom. The summed E-state index contributed by atoms with van der Waals surface area (Å²) in [4.78, 5) is 29.1.